The van der Waals surface area contributed by atoms with Crippen LogP contribution in [0.4, 0.5) is 9.80 Å². The fourth-order valence-electron chi connectivity index (χ4n) is 5.74. The van der Waals surface area contributed by atoms with E-state index < -0.39 is 11.2 Å². The third kappa shape index (κ3) is 4.69. The largest absolute Gasteiger partial charge is 0.457 e. The Morgan fingerprint density at radius 1 is 1.17 bits per heavy atom. The summed E-state index contributed by atoms with van der Waals surface area (Å²) in [6.07, 6.45) is 2.20. The standard InChI is InChI=1S/C26H34N4O5S/c1-4-27-24(33)28-21-20(18-7-5-6-8-19(18)36-21)22(31)29-11-9-17(10-12-29)30-13-14-34-26(16-30)15-25(2,3)35-23(26)32/h5-8,17H,4,9-16H2,1-3H3,(H2,27,28,33). The van der Waals surface area contributed by atoms with Crippen LogP contribution in [0.25, 0.3) is 10.1 Å². The second-order valence-corrected chi connectivity index (χ2v) is 11.5. The molecule has 9 nitrogen and oxygen atoms in total. The number of hydrogen-bond acceptors (Lipinski definition) is 7. The first-order valence-electron chi connectivity index (χ1n) is 12.7. The van der Waals surface area contributed by atoms with E-state index in [2.05, 4.69) is 15.5 Å². The molecule has 3 aliphatic heterocycles. The van der Waals surface area contributed by atoms with Gasteiger partial charge in [-0.3, -0.25) is 15.0 Å². The number of hydrogen-bond donors (Lipinski definition) is 2. The van der Waals surface area contributed by atoms with Crippen molar-refractivity contribution in [3.63, 3.8) is 0 Å². The summed E-state index contributed by atoms with van der Waals surface area (Å²) in [5.41, 5.74) is -0.843. The number of ether oxygens (including phenoxy) is 2. The quantitative estimate of drug-likeness (QED) is 0.607. The number of esters is 1. The number of urea groups is 1. The van der Waals surface area contributed by atoms with Crippen LogP contribution >= 0.6 is 11.3 Å². The average molecular weight is 515 g/mol. The van der Waals surface area contributed by atoms with E-state index in [1.54, 1.807) is 0 Å². The Kier molecular flexibility index (Phi) is 6.69. The zero-order valence-electron chi connectivity index (χ0n) is 21.1. The van der Waals surface area contributed by atoms with Gasteiger partial charge in [0, 0.05) is 55.3 Å². The number of piperidine rings is 1. The number of fused-ring (bicyclic) bond motifs is 1. The fourth-order valence-corrected chi connectivity index (χ4v) is 6.83. The van der Waals surface area contributed by atoms with Crippen molar-refractivity contribution in [2.24, 2.45) is 0 Å². The fraction of sp³-hybridized carbons (Fsp3) is 0.577. The Hall–Kier alpha value is -2.69. The van der Waals surface area contributed by atoms with Gasteiger partial charge in [0.25, 0.3) is 5.91 Å². The summed E-state index contributed by atoms with van der Waals surface area (Å²) in [5, 5.41) is 7.05. The molecule has 1 spiro atoms. The zero-order chi connectivity index (χ0) is 25.5. The summed E-state index contributed by atoms with van der Waals surface area (Å²) < 4.78 is 12.5. The number of carbonyl (C=O) groups is 3. The van der Waals surface area contributed by atoms with E-state index in [1.165, 1.54) is 11.3 Å². The lowest BCUT2D eigenvalue weighted by atomic mass is 9.90. The molecule has 3 fully saturated rings. The van der Waals surface area contributed by atoms with Crippen LogP contribution in [0, 0.1) is 0 Å². The molecule has 1 unspecified atom stereocenters. The van der Waals surface area contributed by atoms with Crippen LogP contribution in [0.3, 0.4) is 0 Å². The van der Waals surface area contributed by atoms with Crippen LogP contribution in [0.1, 0.15) is 50.4 Å². The molecule has 3 saturated heterocycles. The number of thiophene rings is 1. The van der Waals surface area contributed by atoms with Gasteiger partial charge < -0.3 is 19.7 Å². The second kappa shape index (κ2) is 9.64. The number of benzene rings is 1. The Balaban J connectivity index is 1.28. The highest BCUT2D eigenvalue weighted by Crippen LogP contribution is 2.40. The summed E-state index contributed by atoms with van der Waals surface area (Å²) in [7, 11) is 0. The maximum atomic E-state index is 13.7. The molecular weight excluding hydrogens is 480 g/mol. The Morgan fingerprint density at radius 2 is 1.92 bits per heavy atom. The van der Waals surface area contributed by atoms with Gasteiger partial charge in [-0.15, -0.1) is 11.3 Å². The lowest BCUT2D eigenvalue weighted by Crippen LogP contribution is -2.59. The molecule has 2 N–H and O–H groups in total. The van der Waals surface area contributed by atoms with E-state index in [0.29, 0.717) is 49.8 Å². The van der Waals surface area contributed by atoms with Crippen molar-refractivity contribution in [2.45, 2.75) is 57.3 Å². The molecule has 0 radical (unpaired) electrons. The highest BCUT2D eigenvalue weighted by Gasteiger charge is 2.56. The van der Waals surface area contributed by atoms with Crippen molar-refractivity contribution < 1.29 is 23.9 Å². The zero-order valence-corrected chi connectivity index (χ0v) is 21.9. The van der Waals surface area contributed by atoms with Gasteiger partial charge >= 0.3 is 12.0 Å². The lowest BCUT2D eigenvalue weighted by molar-refractivity contribution is -0.172. The van der Waals surface area contributed by atoms with Gasteiger partial charge in [0.05, 0.1) is 12.2 Å². The van der Waals surface area contributed by atoms with Crippen LogP contribution < -0.4 is 10.6 Å². The summed E-state index contributed by atoms with van der Waals surface area (Å²) in [4.78, 5) is 42.8. The van der Waals surface area contributed by atoms with Gasteiger partial charge in [-0.25, -0.2) is 9.59 Å². The molecule has 1 atom stereocenters. The number of rotatable bonds is 4. The monoisotopic (exact) mass is 514 g/mol. The lowest BCUT2D eigenvalue weighted by Gasteiger charge is -2.44. The number of nitrogens with one attached hydrogen (secondary N) is 2. The third-order valence-electron chi connectivity index (χ3n) is 7.31. The van der Waals surface area contributed by atoms with Crippen molar-refractivity contribution in [2.75, 3.05) is 44.6 Å². The summed E-state index contributed by atoms with van der Waals surface area (Å²) in [6, 6.07) is 7.72. The molecule has 36 heavy (non-hydrogen) atoms. The number of cyclic esters (lactones) is 1. The van der Waals surface area contributed by atoms with E-state index in [1.807, 2.05) is 49.9 Å². The SMILES string of the molecule is CCNC(=O)Nc1sc2ccccc2c1C(=O)N1CCC(N2CCOC3(C2)CC(C)(C)OC3=O)CC1. The molecular formula is C26H34N4O5S. The maximum absolute atomic E-state index is 13.7. The highest BCUT2D eigenvalue weighted by atomic mass is 32.1. The molecule has 10 heteroatoms. The van der Waals surface area contributed by atoms with Gasteiger partial charge in [0.15, 0.2) is 5.60 Å². The minimum absolute atomic E-state index is 0.0581. The van der Waals surface area contributed by atoms with Crippen LogP contribution in [0.5, 0.6) is 0 Å². The number of nitrogens with zero attached hydrogens (tertiary/aromatic N) is 2. The van der Waals surface area contributed by atoms with Crippen LogP contribution in [-0.4, -0.2) is 84.3 Å². The van der Waals surface area contributed by atoms with Gasteiger partial charge in [0.1, 0.15) is 10.6 Å². The first kappa shape index (κ1) is 25.0. The number of likely N-dealkylation sites (tertiary alicyclic amines) is 1. The molecule has 1 aromatic carbocycles. The highest BCUT2D eigenvalue weighted by molar-refractivity contribution is 7.23. The predicted octanol–water partition coefficient (Wildman–Crippen LogP) is 3.44. The first-order valence-corrected chi connectivity index (χ1v) is 13.5. The number of amides is 3. The number of anilines is 1. The molecule has 0 bridgehead atoms. The predicted molar refractivity (Wildman–Crippen MR) is 138 cm³/mol. The molecule has 194 valence electrons. The topological polar surface area (TPSA) is 100 Å². The minimum Gasteiger partial charge on any atom is -0.457 e. The van der Waals surface area contributed by atoms with Gasteiger partial charge in [0.2, 0.25) is 0 Å². The smallest absolute Gasteiger partial charge is 0.340 e. The van der Waals surface area contributed by atoms with Crippen molar-refractivity contribution >= 4 is 44.3 Å². The molecule has 5 rings (SSSR count). The van der Waals surface area contributed by atoms with Gasteiger partial charge in [-0.2, -0.15) is 0 Å². The maximum Gasteiger partial charge on any atom is 0.340 e. The Labute approximate surface area is 215 Å². The van der Waals surface area contributed by atoms with Gasteiger partial charge in [-0.05, 0) is 39.7 Å². The van der Waals surface area contributed by atoms with Crippen molar-refractivity contribution in [1.82, 2.24) is 15.1 Å². The molecule has 1 aromatic heterocycles. The Bertz CT molecular complexity index is 1170. The van der Waals surface area contributed by atoms with Crippen LogP contribution in [-0.2, 0) is 14.3 Å². The van der Waals surface area contributed by atoms with E-state index in [-0.39, 0.29) is 23.9 Å². The molecule has 3 amide bonds. The summed E-state index contributed by atoms with van der Waals surface area (Å²) >= 11 is 1.42. The van der Waals surface area contributed by atoms with Crippen molar-refractivity contribution in [3.05, 3.63) is 29.8 Å². The summed E-state index contributed by atoms with van der Waals surface area (Å²) in [5.74, 6) is -0.321. The van der Waals surface area contributed by atoms with E-state index in [9.17, 15) is 14.4 Å². The van der Waals surface area contributed by atoms with E-state index >= 15 is 0 Å². The summed E-state index contributed by atoms with van der Waals surface area (Å²) in [6.45, 7) is 9.25. The van der Waals surface area contributed by atoms with Gasteiger partial charge in [-0.1, -0.05) is 18.2 Å². The van der Waals surface area contributed by atoms with Crippen molar-refractivity contribution in [1.29, 1.82) is 0 Å². The number of morpholine rings is 1. The molecule has 0 saturated carbocycles. The van der Waals surface area contributed by atoms with Crippen LogP contribution in [0.2, 0.25) is 0 Å². The normalized spacial score (nSPS) is 24.8. The van der Waals surface area contributed by atoms with E-state index in [0.717, 1.165) is 29.5 Å². The minimum atomic E-state index is -0.885. The first-order chi connectivity index (χ1) is 17.2. The second-order valence-electron chi connectivity index (χ2n) is 10.4. The molecule has 4 heterocycles. The van der Waals surface area contributed by atoms with Crippen molar-refractivity contribution in [3.8, 4) is 0 Å². The third-order valence-corrected chi connectivity index (χ3v) is 8.40. The Morgan fingerprint density at radius 3 is 2.61 bits per heavy atom. The van der Waals surface area contributed by atoms with Crippen LogP contribution in [0.15, 0.2) is 24.3 Å². The average Bonchev–Trinajstić information content (AvgIpc) is 3.31. The number of carbonyl (C=O) groups excluding carboxylic acids is 3. The molecule has 0 aliphatic carbocycles. The van der Waals surface area contributed by atoms with E-state index in [4.69, 9.17) is 9.47 Å². The molecule has 3 aliphatic rings. The molecule has 2 aromatic rings.